The monoisotopic (exact) mass is 426 g/mol. The molecule has 3 rings (SSSR count). The van der Waals surface area contributed by atoms with Crippen molar-refractivity contribution >= 4 is 29.2 Å². The van der Waals surface area contributed by atoms with E-state index in [1.807, 2.05) is 25.1 Å². The smallest absolute Gasteiger partial charge is 0.321 e. The first-order valence-corrected chi connectivity index (χ1v) is 10.4. The Labute approximate surface area is 181 Å². The van der Waals surface area contributed by atoms with Crippen LogP contribution in [0.5, 0.6) is 0 Å². The molecule has 164 valence electrons. The molecular weight excluding hydrogens is 399 g/mol. The second-order valence-corrected chi connectivity index (χ2v) is 7.54. The number of benzene rings is 2. The van der Waals surface area contributed by atoms with Gasteiger partial charge in [-0.15, -0.1) is 0 Å². The standard InChI is InChI=1S/C23H27FN4O3/c1-2-17-5-3-4-6-20(17)27-22(30)21(29)25-15-16-11-13-28(14-12-16)23(31)26-19-9-7-18(24)8-10-19/h3-10,16H,2,11-15H2,1H3,(H,25,29)(H,26,31)(H,27,30). The second kappa shape index (κ2) is 10.6. The van der Waals surface area contributed by atoms with Crippen molar-refractivity contribution in [3.05, 3.63) is 59.9 Å². The zero-order chi connectivity index (χ0) is 22.2. The predicted molar refractivity (Wildman–Crippen MR) is 117 cm³/mol. The van der Waals surface area contributed by atoms with E-state index < -0.39 is 11.8 Å². The molecule has 0 bridgehead atoms. The van der Waals surface area contributed by atoms with Crippen molar-refractivity contribution in [1.29, 1.82) is 0 Å². The molecule has 0 saturated carbocycles. The van der Waals surface area contributed by atoms with E-state index in [9.17, 15) is 18.8 Å². The number of halogens is 1. The first-order valence-electron chi connectivity index (χ1n) is 10.4. The number of nitrogens with zero attached hydrogens (tertiary/aromatic N) is 1. The van der Waals surface area contributed by atoms with Crippen LogP contribution >= 0.6 is 0 Å². The minimum atomic E-state index is -0.683. The summed E-state index contributed by atoms with van der Waals surface area (Å²) in [5.41, 5.74) is 2.15. The summed E-state index contributed by atoms with van der Waals surface area (Å²) in [5.74, 6) is -1.52. The second-order valence-electron chi connectivity index (χ2n) is 7.54. The number of hydrogen-bond acceptors (Lipinski definition) is 3. The lowest BCUT2D eigenvalue weighted by molar-refractivity contribution is -0.136. The summed E-state index contributed by atoms with van der Waals surface area (Å²) in [5, 5.41) is 8.10. The van der Waals surface area contributed by atoms with Gasteiger partial charge in [-0.1, -0.05) is 25.1 Å². The number of nitrogens with one attached hydrogen (secondary N) is 3. The summed E-state index contributed by atoms with van der Waals surface area (Å²) in [7, 11) is 0. The average Bonchev–Trinajstić information content (AvgIpc) is 2.79. The Kier molecular flexibility index (Phi) is 7.59. The fourth-order valence-electron chi connectivity index (χ4n) is 3.52. The molecule has 1 saturated heterocycles. The maximum absolute atomic E-state index is 13.0. The molecule has 2 aromatic rings. The van der Waals surface area contributed by atoms with Gasteiger partial charge in [0, 0.05) is 31.0 Å². The predicted octanol–water partition coefficient (Wildman–Crippen LogP) is 3.39. The van der Waals surface area contributed by atoms with Gasteiger partial charge < -0.3 is 20.9 Å². The minimum Gasteiger partial charge on any atom is -0.348 e. The van der Waals surface area contributed by atoms with Crippen LogP contribution in [0.3, 0.4) is 0 Å². The van der Waals surface area contributed by atoms with Crippen molar-refractivity contribution in [2.24, 2.45) is 5.92 Å². The van der Waals surface area contributed by atoms with Crippen molar-refractivity contribution in [3.63, 3.8) is 0 Å². The largest absolute Gasteiger partial charge is 0.348 e. The van der Waals surface area contributed by atoms with Gasteiger partial charge in [0.05, 0.1) is 0 Å². The summed E-state index contributed by atoms with van der Waals surface area (Å²) in [4.78, 5) is 38.4. The minimum absolute atomic E-state index is 0.189. The number of urea groups is 1. The fraction of sp³-hybridized carbons (Fsp3) is 0.348. The molecule has 0 unspecified atom stereocenters. The van der Waals surface area contributed by atoms with Crippen molar-refractivity contribution in [3.8, 4) is 0 Å². The van der Waals surface area contributed by atoms with Gasteiger partial charge in [0.1, 0.15) is 5.82 Å². The molecule has 0 atom stereocenters. The number of carbonyl (C=O) groups is 3. The highest BCUT2D eigenvalue weighted by atomic mass is 19.1. The van der Waals surface area contributed by atoms with E-state index in [1.165, 1.54) is 24.3 Å². The Morgan fingerprint density at radius 3 is 2.32 bits per heavy atom. The first kappa shape index (κ1) is 22.3. The van der Waals surface area contributed by atoms with E-state index >= 15 is 0 Å². The number of para-hydroxylation sites is 1. The Morgan fingerprint density at radius 1 is 0.968 bits per heavy atom. The van der Waals surface area contributed by atoms with E-state index in [0.717, 1.165) is 24.8 Å². The molecule has 1 aliphatic rings. The highest BCUT2D eigenvalue weighted by Crippen LogP contribution is 2.18. The van der Waals surface area contributed by atoms with E-state index in [2.05, 4.69) is 16.0 Å². The molecule has 0 aliphatic carbocycles. The van der Waals surface area contributed by atoms with Crippen LogP contribution in [0.4, 0.5) is 20.6 Å². The van der Waals surface area contributed by atoms with Gasteiger partial charge in [-0.3, -0.25) is 9.59 Å². The number of carbonyl (C=O) groups excluding carboxylic acids is 3. The van der Waals surface area contributed by atoms with Gasteiger partial charge in [-0.05, 0) is 61.1 Å². The van der Waals surface area contributed by atoms with Crippen LogP contribution in [0.25, 0.3) is 0 Å². The lowest BCUT2D eigenvalue weighted by atomic mass is 9.97. The number of piperidine rings is 1. The summed E-state index contributed by atoms with van der Waals surface area (Å²) in [6, 6.07) is 12.8. The number of likely N-dealkylation sites (tertiary alicyclic amines) is 1. The Balaban J connectivity index is 1.40. The molecule has 0 aromatic heterocycles. The van der Waals surface area contributed by atoms with Crippen molar-refractivity contribution < 1.29 is 18.8 Å². The van der Waals surface area contributed by atoms with Crippen LogP contribution < -0.4 is 16.0 Å². The maximum atomic E-state index is 13.0. The van der Waals surface area contributed by atoms with Gasteiger partial charge in [0.15, 0.2) is 0 Å². The molecule has 1 aliphatic heterocycles. The molecule has 2 aromatic carbocycles. The highest BCUT2D eigenvalue weighted by Gasteiger charge is 2.24. The summed E-state index contributed by atoms with van der Waals surface area (Å²) in [6.07, 6.45) is 2.19. The van der Waals surface area contributed by atoms with E-state index in [-0.39, 0.29) is 17.8 Å². The van der Waals surface area contributed by atoms with Crippen molar-refractivity contribution in [2.45, 2.75) is 26.2 Å². The van der Waals surface area contributed by atoms with Gasteiger partial charge in [-0.25, -0.2) is 9.18 Å². The number of anilines is 2. The third-order valence-electron chi connectivity index (χ3n) is 5.40. The number of rotatable bonds is 5. The van der Waals surface area contributed by atoms with Gasteiger partial charge in [0.2, 0.25) is 0 Å². The number of amides is 4. The number of hydrogen-bond donors (Lipinski definition) is 3. The third kappa shape index (κ3) is 6.28. The normalized spacial score (nSPS) is 14.1. The summed E-state index contributed by atoms with van der Waals surface area (Å²) >= 11 is 0. The van der Waals surface area contributed by atoms with Gasteiger partial charge >= 0.3 is 17.8 Å². The molecule has 7 nitrogen and oxygen atoms in total. The van der Waals surface area contributed by atoms with E-state index in [1.54, 1.807) is 11.0 Å². The molecule has 31 heavy (non-hydrogen) atoms. The summed E-state index contributed by atoms with van der Waals surface area (Å²) in [6.45, 7) is 3.46. The molecule has 4 amide bonds. The van der Waals surface area contributed by atoms with Crippen LogP contribution in [0.15, 0.2) is 48.5 Å². The van der Waals surface area contributed by atoms with E-state index in [0.29, 0.717) is 31.0 Å². The molecule has 1 heterocycles. The number of aryl methyl sites for hydroxylation is 1. The summed E-state index contributed by atoms with van der Waals surface area (Å²) < 4.78 is 13.0. The molecule has 0 spiro atoms. The van der Waals surface area contributed by atoms with E-state index in [4.69, 9.17) is 0 Å². The Bertz CT molecular complexity index is 925. The SMILES string of the molecule is CCc1ccccc1NC(=O)C(=O)NCC1CCN(C(=O)Nc2ccc(F)cc2)CC1. The topological polar surface area (TPSA) is 90.5 Å². The van der Waals surface area contributed by atoms with Crippen LogP contribution in [0.2, 0.25) is 0 Å². The fourth-order valence-corrected chi connectivity index (χ4v) is 3.52. The quantitative estimate of drug-likeness (QED) is 0.640. The van der Waals surface area contributed by atoms with Gasteiger partial charge in [0.25, 0.3) is 0 Å². The average molecular weight is 426 g/mol. The lowest BCUT2D eigenvalue weighted by Crippen LogP contribution is -2.44. The maximum Gasteiger partial charge on any atom is 0.321 e. The van der Waals surface area contributed by atoms with Crippen LogP contribution in [0, 0.1) is 11.7 Å². The highest BCUT2D eigenvalue weighted by molar-refractivity contribution is 6.39. The zero-order valence-corrected chi connectivity index (χ0v) is 17.5. The Morgan fingerprint density at radius 2 is 1.65 bits per heavy atom. The van der Waals surface area contributed by atoms with Crippen LogP contribution in [-0.2, 0) is 16.0 Å². The molecule has 8 heteroatoms. The molecule has 1 fully saturated rings. The Hall–Kier alpha value is -3.42. The van der Waals surface area contributed by atoms with Crippen molar-refractivity contribution in [2.75, 3.05) is 30.3 Å². The van der Waals surface area contributed by atoms with Crippen LogP contribution in [0.1, 0.15) is 25.3 Å². The van der Waals surface area contributed by atoms with Crippen molar-refractivity contribution in [1.82, 2.24) is 10.2 Å². The third-order valence-corrected chi connectivity index (χ3v) is 5.40. The van der Waals surface area contributed by atoms with Gasteiger partial charge in [-0.2, -0.15) is 0 Å². The first-order chi connectivity index (χ1) is 15.0. The molecule has 3 N–H and O–H groups in total. The zero-order valence-electron chi connectivity index (χ0n) is 17.5. The molecular formula is C23H27FN4O3. The molecule has 0 radical (unpaired) electrons. The lowest BCUT2D eigenvalue weighted by Gasteiger charge is -2.32. The van der Waals surface area contributed by atoms with Crippen LogP contribution in [-0.4, -0.2) is 42.4 Å².